The van der Waals surface area contributed by atoms with Gasteiger partial charge in [-0.2, -0.15) is 5.10 Å². The van der Waals surface area contributed by atoms with E-state index >= 15 is 0 Å². The van der Waals surface area contributed by atoms with Crippen LogP contribution in [0.25, 0.3) is 5.69 Å². The maximum absolute atomic E-state index is 13.8. The zero-order valence-corrected chi connectivity index (χ0v) is 18.6. The van der Waals surface area contributed by atoms with Crippen LogP contribution < -0.4 is 5.32 Å². The fraction of sp³-hybridized carbons (Fsp3) is 0.577. The van der Waals surface area contributed by atoms with Crippen LogP contribution in [-0.2, 0) is 16.1 Å². The number of carbonyl (C=O) groups excluding carboxylic acids is 2. The molecule has 2 amide bonds. The Labute approximate surface area is 189 Å². The van der Waals surface area contributed by atoms with E-state index in [-0.39, 0.29) is 23.3 Å². The van der Waals surface area contributed by atoms with E-state index in [1.54, 1.807) is 6.20 Å². The molecule has 4 aliphatic carbocycles. The molecular weight excluding hydrogens is 400 g/mol. The number of nitrogens with zero attached hydrogens (tertiary/aromatic N) is 3. The molecule has 5 aliphatic rings. The summed E-state index contributed by atoms with van der Waals surface area (Å²) in [6, 6.07) is 9.62. The molecular formula is C26H32N4O2. The average molecular weight is 433 g/mol. The van der Waals surface area contributed by atoms with Crippen molar-refractivity contribution in [2.24, 2.45) is 23.2 Å². The second kappa shape index (κ2) is 7.75. The van der Waals surface area contributed by atoms with E-state index in [0.29, 0.717) is 6.54 Å². The largest absolute Gasteiger partial charge is 0.350 e. The monoisotopic (exact) mass is 432 g/mol. The van der Waals surface area contributed by atoms with E-state index in [9.17, 15) is 9.59 Å². The molecule has 1 aliphatic heterocycles. The van der Waals surface area contributed by atoms with Gasteiger partial charge in [0, 0.05) is 24.8 Å². The summed E-state index contributed by atoms with van der Waals surface area (Å²) in [5.41, 5.74) is 1.78. The van der Waals surface area contributed by atoms with Crippen LogP contribution in [0.15, 0.2) is 42.7 Å². The van der Waals surface area contributed by atoms with Crippen LogP contribution in [0.4, 0.5) is 0 Å². The maximum Gasteiger partial charge on any atom is 0.243 e. The first-order chi connectivity index (χ1) is 15.6. The lowest BCUT2D eigenvalue weighted by atomic mass is 9.49. The molecule has 7 rings (SSSR count). The highest BCUT2D eigenvalue weighted by Gasteiger charge is 2.56. The van der Waals surface area contributed by atoms with Crippen LogP contribution in [0.5, 0.6) is 0 Å². The molecule has 2 aromatic rings. The Kier molecular flexibility index (Phi) is 4.85. The van der Waals surface area contributed by atoms with E-state index in [2.05, 4.69) is 10.4 Å². The number of likely N-dealkylation sites (tertiary alicyclic amines) is 1. The van der Waals surface area contributed by atoms with Gasteiger partial charge >= 0.3 is 0 Å². The molecule has 32 heavy (non-hydrogen) atoms. The molecule has 1 unspecified atom stereocenters. The number of aromatic nitrogens is 2. The molecule has 6 nitrogen and oxygen atoms in total. The number of nitrogens with one attached hydrogen (secondary N) is 1. The zero-order chi connectivity index (χ0) is 21.7. The first-order valence-corrected chi connectivity index (χ1v) is 12.3. The Balaban J connectivity index is 1.11. The molecule has 1 atom stereocenters. The van der Waals surface area contributed by atoms with Crippen molar-refractivity contribution in [3.05, 3.63) is 48.3 Å². The van der Waals surface area contributed by atoms with Crippen LogP contribution in [0.1, 0.15) is 56.9 Å². The molecule has 1 saturated heterocycles. The maximum atomic E-state index is 13.8. The fourth-order valence-electron chi connectivity index (χ4n) is 7.44. The second-order valence-electron chi connectivity index (χ2n) is 10.7. The summed E-state index contributed by atoms with van der Waals surface area (Å²) < 4.78 is 1.82. The van der Waals surface area contributed by atoms with Crippen LogP contribution in [0.3, 0.4) is 0 Å². The van der Waals surface area contributed by atoms with Crippen LogP contribution >= 0.6 is 0 Å². The predicted octanol–water partition coefficient (Wildman–Crippen LogP) is 3.70. The number of hydrogen-bond donors (Lipinski definition) is 1. The Morgan fingerprint density at radius 2 is 1.72 bits per heavy atom. The van der Waals surface area contributed by atoms with Crippen molar-refractivity contribution in [1.29, 1.82) is 0 Å². The van der Waals surface area contributed by atoms with Gasteiger partial charge in [-0.15, -0.1) is 0 Å². The summed E-state index contributed by atoms with van der Waals surface area (Å²) >= 11 is 0. The van der Waals surface area contributed by atoms with Crippen molar-refractivity contribution in [3.63, 3.8) is 0 Å². The van der Waals surface area contributed by atoms with Gasteiger partial charge in [-0.25, -0.2) is 4.68 Å². The Hall–Kier alpha value is -2.63. The van der Waals surface area contributed by atoms with E-state index in [1.165, 1.54) is 19.3 Å². The molecule has 4 bridgehead atoms. The van der Waals surface area contributed by atoms with Crippen molar-refractivity contribution in [3.8, 4) is 5.69 Å². The van der Waals surface area contributed by atoms with Gasteiger partial charge in [0.05, 0.1) is 17.3 Å². The number of hydrogen-bond acceptors (Lipinski definition) is 3. The van der Waals surface area contributed by atoms with Crippen molar-refractivity contribution < 1.29 is 9.59 Å². The molecule has 1 aromatic carbocycles. The van der Waals surface area contributed by atoms with Gasteiger partial charge in [-0.3, -0.25) is 9.59 Å². The van der Waals surface area contributed by atoms with Gasteiger partial charge in [-0.1, -0.05) is 18.2 Å². The standard InChI is InChI=1S/C26H32N4O2/c31-24(27-15-21-16-28-30(17-21)22-5-2-1-3-6-22)23-7-4-8-29(23)25(32)26-12-18-9-19(13-26)11-20(10-18)14-26/h1-3,5-6,16-20,23H,4,7-15H2,(H,27,31). The molecule has 1 aromatic heterocycles. The fourth-order valence-corrected chi connectivity index (χ4v) is 7.44. The minimum absolute atomic E-state index is 0.0203. The first kappa shape index (κ1) is 20.0. The number of benzene rings is 1. The summed E-state index contributed by atoms with van der Waals surface area (Å²) in [4.78, 5) is 28.8. The predicted molar refractivity (Wildman–Crippen MR) is 121 cm³/mol. The molecule has 5 fully saturated rings. The molecule has 6 heteroatoms. The topological polar surface area (TPSA) is 67.2 Å². The lowest BCUT2D eigenvalue weighted by Crippen LogP contribution is -2.57. The van der Waals surface area contributed by atoms with Gasteiger partial charge in [-0.05, 0) is 81.3 Å². The molecule has 4 saturated carbocycles. The Bertz CT molecular complexity index is 979. The first-order valence-electron chi connectivity index (χ1n) is 12.3. The Morgan fingerprint density at radius 3 is 2.41 bits per heavy atom. The summed E-state index contributed by atoms with van der Waals surface area (Å²) in [7, 11) is 0. The van der Waals surface area contributed by atoms with Crippen molar-refractivity contribution in [2.75, 3.05) is 6.54 Å². The Morgan fingerprint density at radius 1 is 1.03 bits per heavy atom. The molecule has 0 spiro atoms. The summed E-state index contributed by atoms with van der Waals surface area (Å²) in [6.07, 6.45) is 12.6. The zero-order valence-electron chi connectivity index (χ0n) is 18.6. The van der Waals surface area contributed by atoms with Crippen molar-refractivity contribution in [1.82, 2.24) is 20.0 Å². The number of amides is 2. The minimum Gasteiger partial charge on any atom is -0.350 e. The number of rotatable bonds is 5. The van der Waals surface area contributed by atoms with E-state index in [0.717, 1.165) is 67.7 Å². The van der Waals surface area contributed by atoms with Crippen molar-refractivity contribution >= 4 is 11.8 Å². The average Bonchev–Trinajstić information content (AvgIpc) is 3.47. The quantitative estimate of drug-likeness (QED) is 0.784. The van der Waals surface area contributed by atoms with Crippen molar-refractivity contribution in [2.45, 2.75) is 64.0 Å². The van der Waals surface area contributed by atoms with Crippen LogP contribution in [0, 0.1) is 23.2 Å². The third-order valence-corrected chi connectivity index (χ3v) is 8.43. The third kappa shape index (κ3) is 3.44. The van der Waals surface area contributed by atoms with E-state index < -0.39 is 0 Å². The lowest BCUT2D eigenvalue weighted by Gasteiger charge is -2.56. The smallest absolute Gasteiger partial charge is 0.243 e. The van der Waals surface area contributed by atoms with Gasteiger partial charge < -0.3 is 10.2 Å². The van der Waals surface area contributed by atoms with Crippen LogP contribution in [0.2, 0.25) is 0 Å². The van der Waals surface area contributed by atoms with E-state index in [1.807, 2.05) is 46.1 Å². The highest BCUT2D eigenvalue weighted by molar-refractivity contribution is 5.91. The highest BCUT2D eigenvalue weighted by Crippen LogP contribution is 2.60. The second-order valence-corrected chi connectivity index (χ2v) is 10.7. The van der Waals surface area contributed by atoms with Gasteiger partial charge in [0.1, 0.15) is 6.04 Å². The number of carbonyl (C=O) groups is 2. The third-order valence-electron chi connectivity index (χ3n) is 8.43. The summed E-state index contributed by atoms with van der Waals surface area (Å²) in [5, 5.41) is 7.49. The molecule has 168 valence electrons. The van der Waals surface area contributed by atoms with Gasteiger partial charge in [0.2, 0.25) is 11.8 Å². The number of para-hydroxylation sites is 1. The SMILES string of the molecule is O=C(NCc1cnn(-c2ccccc2)c1)C1CCCN1C(=O)C12CC3CC(CC(C3)C1)C2. The lowest BCUT2D eigenvalue weighted by molar-refractivity contribution is -0.160. The molecule has 0 radical (unpaired) electrons. The minimum atomic E-state index is -0.320. The molecule has 1 N–H and O–H groups in total. The molecule has 2 heterocycles. The van der Waals surface area contributed by atoms with Gasteiger partial charge in [0.25, 0.3) is 0 Å². The highest BCUT2D eigenvalue weighted by atomic mass is 16.2. The van der Waals surface area contributed by atoms with E-state index in [4.69, 9.17) is 0 Å². The summed E-state index contributed by atoms with van der Waals surface area (Å²) in [6.45, 7) is 1.16. The van der Waals surface area contributed by atoms with Crippen LogP contribution in [-0.4, -0.2) is 39.1 Å². The van der Waals surface area contributed by atoms with Gasteiger partial charge in [0.15, 0.2) is 0 Å². The summed E-state index contributed by atoms with van der Waals surface area (Å²) in [5.74, 6) is 2.47. The normalized spacial score (nSPS) is 32.9.